The van der Waals surface area contributed by atoms with Gasteiger partial charge in [-0.3, -0.25) is 14.5 Å². The molecule has 170 valence electrons. The van der Waals surface area contributed by atoms with Gasteiger partial charge in [0.25, 0.3) is 5.91 Å². The van der Waals surface area contributed by atoms with Crippen LogP contribution in [0.15, 0.2) is 67.1 Å². The van der Waals surface area contributed by atoms with Crippen molar-refractivity contribution in [2.24, 2.45) is 0 Å². The highest BCUT2D eigenvalue weighted by Gasteiger charge is 2.17. The third-order valence-corrected chi connectivity index (χ3v) is 5.52. The van der Waals surface area contributed by atoms with Gasteiger partial charge in [-0.2, -0.15) is 5.10 Å². The predicted octanol–water partition coefficient (Wildman–Crippen LogP) is 5.03. The third-order valence-electron chi connectivity index (χ3n) is 5.52. The van der Waals surface area contributed by atoms with Crippen LogP contribution >= 0.6 is 0 Å². The van der Waals surface area contributed by atoms with Gasteiger partial charge in [-0.1, -0.05) is 6.42 Å². The van der Waals surface area contributed by atoms with E-state index >= 15 is 0 Å². The molecular weight excluding hydrogens is 424 g/mol. The molecule has 0 aliphatic rings. The van der Waals surface area contributed by atoms with Crippen LogP contribution in [-0.4, -0.2) is 44.1 Å². The number of hydrogen-bond donors (Lipinski definition) is 1. The molecule has 8 heteroatoms. The molecule has 0 atom stereocenters. The second-order valence-corrected chi connectivity index (χ2v) is 7.95. The number of carbonyl (C=O) groups is 1. The first-order chi connectivity index (χ1) is 16.0. The Morgan fingerprint density at radius 1 is 1.00 bits per heavy atom. The summed E-state index contributed by atoms with van der Waals surface area (Å²) < 4.78 is 27.9. The average molecular weight is 450 g/mol. The summed E-state index contributed by atoms with van der Waals surface area (Å²) in [6.07, 6.45) is 6.72. The summed E-state index contributed by atoms with van der Waals surface area (Å²) in [5.41, 5.74) is 3.83. The molecule has 0 aliphatic heterocycles. The summed E-state index contributed by atoms with van der Waals surface area (Å²) in [5.74, 6) is -0.724. The molecule has 33 heavy (non-hydrogen) atoms. The number of imidazole rings is 1. The lowest BCUT2D eigenvalue weighted by Crippen LogP contribution is -2.29. The van der Waals surface area contributed by atoms with Crippen molar-refractivity contribution in [1.82, 2.24) is 24.6 Å². The molecule has 2 aromatic heterocycles. The first kappa shape index (κ1) is 22.4. The number of nitrogens with zero attached hydrogens (tertiary/aromatic N) is 4. The highest BCUT2D eigenvalue weighted by Crippen LogP contribution is 2.19. The molecular formula is C25H25F2N5O. The largest absolute Gasteiger partial charge is 0.340 e. The smallest absolute Gasteiger partial charge is 0.272 e. The quantitative estimate of drug-likeness (QED) is 0.365. The van der Waals surface area contributed by atoms with Gasteiger partial charge in [0.1, 0.15) is 17.3 Å². The van der Waals surface area contributed by atoms with E-state index in [0.717, 1.165) is 42.6 Å². The first-order valence-corrected chi connectivity index (χ1v) is 10.9. The Balaban J connectivity index is 1.24. The number of aromatic nitrogens is 4. The number of aryl methyl sites for hydroxylation is 1. The van der Waals surface area contributed by atoms with Gasteiger partial charge in [-0.05, 0) is 73.9 Å². The summed E-state index contributed by atoms with van der Waals surface area (Å²) in [6, 6.07) is 14.2. The molecule has 4 rings (SSSR count). The topological polar surface area (TPSA) is 66.8 Å². The molecule has 0 aliphatic carbocycles. The van der Waals surface area contributed by atoms with Crippen LogP contribution in [0.25, 0.3) is 16.9 Å². The summed E-state index contributed by atoms with van der Waals surface area (Å²) in [7, 11) is 1.77. The Labute approximate surface area is 190 Å². The number of H-pyrrole nitrogens is 1. The fourth-order valence-electron chi connectivity index (χ4n) is 3.66. The minimum Gasteiger partial charge on any atom is -0.340 e. The molecule has 6 nitrogen and oxygen atoms in total. The Hall–Kier alpha value is -3.81. The van der Waals surface area contributed by atoms with E-state index in [9.17, 15) is 13.6 Å². The van der Waals surface area contributed by atoms with Crippen molar-refractivity contribution in [2.75, 3.05) is 13.6 Å². The van der Waals surface area contributed by atoms with E-state index in [2.05, 4.69) is 15.2 Å². The Kier molecular flexibility index (Phi) is 6.92. The van der Waals surface area contributed by atoms with E-state index < -0.39 is 0 Å². The molecule has 0 radical (unpaired) electrons. The maximum absolute atomic E-state index is 13.2. The number of nitrogens with one attached hydrogen (secondary N) is 1. The van der Waals surface area contributed by atoms with E-state index in [-0.39, 0.29) is 17.5 Å². The van der Waals surface area contributed by atoms with Crippen LogP contribution in [0, 0.1) is 11.6 Å². The van der Waals surface area contributed by atoms with Crippen molar-refractivity contribution in [3.63, 3.8) is 0 Å². The van der Waals surface area contributed by atoms with Gasteiger partial charge in [0, 0.05) is 30.5 Å². The van der Waals surface area contributed by atoms with Crippen molar-refractivity contribution in [1.29, 1.82) is 0 Å². The lowest BCUT2D eigenvalue weighted by molar-refractivity contribution is 0.0784. The number of hydrogen-bond acceptors (Lipinski definition) is 3. The number of halogens is 2. The van der Waals surface area contributed by atoms with Crippen molar-refractivity contribution < 1.29 is 13.6 Å². The Bertz CT molecular complexity index is 1200. The van der Waals surface area contributed by atoms with E-state index in [4.69, 9.17) is 0 Å². The molecule has 4 aromatic rings. The molecule has 0 unspecified atom stereocenters. The second-order valence-electron chi connectivity index (χ2n) is 7.95. The zero-order chi connectivity index (χ0) is 23.2. The first-order valence-electron chi connectivity index (χ1n) is 10.9. The molecule has 0 spiro atoms. The zero-order valence-corrected chi connectivity index (χ0v) is 18.3. The van der Waals surface area contributed by atoms with Crippen LogP contribution in [0.5, 0.6) is 0 Å². The Morgan fingerprint density at radius 2 is 1.70 bits per heavy atom. The average Bonchev–Trinajstić information content (AvgIpc) is 3.49. The normalized spacial score (nSPS) is 11.0. The summed E-state index contributed by atoms with van der Waals surface area (Å²) in [5, 5.41) is 7.34. The third kappa shape index (κ3) is 5.52. The van der Waals surface area contributed by atoms with Crippen LogP contribution in [0.3, 0.4) is 0 Å². The number of rotatable bonds is 9. The van der Waals surface area contributed by atoms with Gasteiger partial charge >= 0.3 is 0 Å². The van der Waals surface area contributed by atoms with Gasteiger partial charge in [-0.25, -0.2) is 13.8 Å². The molecule has 1 N–H and O–H groups in total. The van der Waals surface area contributed by atoms with Gasteiger partial charge in [0.05, 0.1) is 18.2 Å². The number of aromatic amines is 1. The predicted molar refractivity (Wildman–Crippen MR) is 122 cm³/mol. The molecule has 0 bridgehead atoms. The number of carbonyl (C=O) groups excluding carboxylic acids is 1. The monoisotopic (exact) mass is 449 g/mol. The van der Waals surface area contributed by atoms with Gasteiger partial charge in [0.2, 0.25) is 0 Å². The number of amides is 1. The summed E-state index contributed by atoms with van der Waals surface area (Å²) >= 11 is 0. The minimum atomic E-state index is -0.328. The summed E-state index contributed by atoms with van der Waals surface area (Å²) in [6.45, 7) is 0.622. The number of unbranched alkanes of at least 4 members (excludes halogenated alkanes) is 2. The number of benzene rings is 2. The second kappa shape index (κ2) is 10.2. The van der Waals surface area contributed by atoms with E-state index in [0.29, 0.717) is 17.9 Å². The maximum atomic E-state index is 13.2. The minimum absolute atomic E-state index is 0.130. The zero-order valence-electron chi connectivity index (χ0n) is 18.3. The molecule has 1 amide bonds. The maximum Gasteiger partial charge on any atom is 0.272 e. The van der Waals surface area contributed by atoms with Gasteiger partial charge in [0.15, 0.2) is 0 Å². The van der Waals surface area contributed by atoms with Crippen molar-refractivity contribution in [3.8, 4) is 16.9 Å². The standard InChI is InChI=1S/C25H25F2N5O/c1-31(25(33)24-16-28-17-32(24)22-12-10-20(27)11-13-22)14-4-2-3-5-21-15-23(30-29-21)18-6-8-19(26)9-7-18/h6-13,15-17H,2-5,14H2,1H3,(H,29,30). The Morgan fingerprint density at radius 3 is 2.42 bits per heavy atom. The van der Waals surface area contributed by atoms with Gasteiger partial charge < -0.3 is 4.90 Å². The van der Waals surface area contributed by atoms with Crippen LogP contribution < -0.4 is 0 Å². The molecule has 0 fully saturated rings. The molecule has 2 heterocycles. The van der Waals surface area contributed by atoms with E-state index in [1.807, 2.05) is 6.07 Å². The van der Waals surface area contributed by atoms with Crippen LogP contribution in [0.2, 0.25) is 0 Å². The fourth-order valence-corrected chi connectivity index (χ4v) is 3.66. The SMILES string of the molecule is CN(CCCCCc1cc(-c2ccc(F)cc2)n[nH]1)C(=O)c1cncn1-c1ccc(F)cc1. The van der Waals surface area contributed by atoms with Crippen LogP contribution in [0.4, 0.5) is 8.78 Å². The van der Waals surface area contributed by atoms with Gasteiger partial charge in [-0.15, -0.1) is 0 Å². The highest BCUT2D eigenvalue weighted by molar-refractivity contribution is 5.92. The highest BCUT2D eigenvalue weighted by atomic mass is 19.1. The van der Waals surface area contributed by atoms with Crippen LogP contribution in [-0.2, 0) is 6.42 Å². The van der Waals surface area contributed by atoms with E-state index in [1.165, 1.54) is 30.5 Å². The lowest BCUT2D eigenvalue weighted by atomic mass is 10.1. The lowest BCUT2D eigenvalue weighted by Gasteiger charge is -2.18. The molecule has 0 saturated heterocycles. The van der Waals surface area contributed by atoms with Crippen molar-refractivity contribution >= 4 is 5.91 Å². The van der Waals surface area contributed by atoms with Crippen molar-refractivity contribution in [3.05, 3.63) is 90.1 Å². The van der Waals surface area contributed by atoms with Crippen molar-refractivity contribution in [2.45, 2.75) is 25.7 Å². The molecule has 0 saturated carbocycles. The summed E-state index contributed by atoms with van der Waals surface area (Å²) in [4.78, 5) is 18.6. The van der Waals surface area contributed by atoms with Crippen LogP contribution in [0.1, 0.15) is 35.4 Å². The van der Waals surface area contributed by atoms with E-state index in [1.54, 1.807) is 47.1 Å². The fraction of sp³-hybridized carbons (Fsp3) is 0.240. The molecule has 2 aromatic carbocycles.